The van der Waals surface area contributed by atoms with Crippen LogP contribution in [-0.4, -0.2) is 29.1 Å². The molecule has 152 valence electrons. The van der Waals surface area contributed by atoms with Crippen LogP contribution in [0.25, 0.3) is 0 Å². The summed E-state index contributed by atoms with van der Waals surface area (Å²) in [7, 11) is 2.05. The van der Waals surface area contributed by atoms with Crippen LogP contribution in [-0.2, 0) is 10.8 Å². The lowest BCUT2D eigenvalue weighted by Crippen LogP contribution is -2.60. The first kappa shape index (κ1) is 20.9. The molecule has 28 heavy (non-hydrogen) atoms. The van der Waals surface area contributed by atoms with Crippen LogP contribution >= 0.6 is 0 Å². The summed E-state index contributed by atoms with van der Waals surface area (Å²) in [5.74, 6) is 0.0917. The van der Waals surface area contributed by atoms with Gasteiger partial charge in [-0.3, -0.25) is 4.90 Å². The summed E-state index contributed by atoms with van der Waals surface area (Å²) in [5.41, 5.74) is 0.500. The van der Waals surface area contributed by atoms with E-state index in [1.54, 1.807) is 12.1 Å². The topological polar surface area (TPSA) is 12.5 Å². The van der Waals surface area contributed by atoms with Crippen LogP contribution in [0, 0.1) is 0 Å². The quantitative estimate of drug-likeness (QED) is 0.612. The second-order valence-corrected chi connectivity index (χ2v) is 9.15. The van der Waals surface area contributed by atoms with Gasteiger partial charge in [0.2, 0.25) is 0 Å². The predicted molar refractivity (Wildman–Crippen MR) is 111 cm³/mol. The molecule has 1 fully saturated rings. The third-order valence-corrected chi connectivity index (χ3v) is 6.19. The molecule has 0 radical (unpaired) electrons. The Balaban J connectivity index is 1.74. The molecule has 0 saturated carbocycles. The predicted octanol–water partition coefficient (Wildman–Crippen LogP) is 6.17. The maximum Gasteiger partial charge on any atom is 0.383 e. The van der Waals surface area contributed by atoms with E-state index in [1.807, 2.05) is 36.5 Å². The lowest BCUT2D eigenvalue weighted by molar-refractivity contribution is -0.288. The monoisotopic (exact) mass is 387 g/mol. The summed E-state index contributed by atoms with van der Waals surface area (Å²) in [4.78, 5) is 2.26. The van der Waals surface area contributed by atoms with Crippen LogP contribution in [0.1, 0.15) is 57.6 Å². The van der Waals surface area contributed by atoms with E-state index in [0.717, 1.165) is 5.56 Å². The number of halogens is 2. The average Bonchev–Trinajstić information content (AvgIpc) is 2.88. The molecular formula is C24H31F2NO. The Labute approximate surface area is 167 Å². The van der Waals surface area contributed by atoms with Gasteiger partial charge in [-0.25, -0.2) is 0 Å². The fourth-order valence-electron chi connectivity index (χ4n) is 4.32. The Morgan fingerprint density at radius 3 is 1.89 bits per heavy atom. The van der Waals surface area contributed by atoms with E-state index in [9.17, 15) is 8.78 Å². The lowest BCUT2D eigenvalue weighted by Gasteiger charge is -2.53. The van der Waals surface area contributed by atoms with E-state index in [0.29, 0.717) is 12.8 Å². The van der Waals surface area contributed by atoms with Gasteiger partial charge in [-0.1, -0.05) is 60.7 Å². The van der Waals surface area contributed by atoms with Gasteiger partial charge in [0.15, 0.2) is 0 Å². The number of hydrogen-bond acceptors (Lipinski definition) is 2. The highest BCUT2D eigenvalue weighted by molar-refractivity contribution is 5.35. The number of likely N-dealkylation sites (tertiary alicyclic amines) is 1. The number of piperidine rings is 1. The van der Waals surface area contributed by atoms with Gasteiger partial charge in [-0.15, -0.1) is 0 Å². The number of nitrogens with zero attached hydrogens (tertiary/aromatic N) is 1. The largest absolute Gasteiger partial charge is 0.383 e. The van der Waals surface area contributed by atoms with Gasteiger partial charge in [0.25, 0.3) is 0 Å². The summed E-state index contributed by atoms with van der Waals surface area (Å²) >= 11 is 0. The smallest absolute Gasteiger partial charge is 0.313 e. The van der Waals surface area contributed by atoms with Gasteiger partial charge in [-0.05, 0) is 53.1 Å². The summed E-state index contributed by atoms with van der Waals surface area (Å²) in [6.07, 6.45) is 9.31. The molecule has 3 rings (SSSR count). The van der Waals surface area contributed by atoms with E-state index in [-0.39, 0.29) is 22.6 Å². The number of allylic oxidation sites excluding steroid dienone is 6. The molecule has 4 heteroatoms. The van der Waals surface area contributed by atoms with Crippen LogP contribution in [0.3, 0.4) is 0 Å². The molecule has 0 atom stereocenters. The van der Waals surface area contributed by atoms with Crippen LogP contribution in [0.4, 0.5) is 8.78 Å². The zero-order valence-electron chi connectivity index (χ0n) is 17.5. The standard InChI is InChI=1S/C24H31F2NO/c1-22(2)16-21(17-23(3,4)27(22)5)28-24(25,26)20-14-12-19(13-15-20)18-10-8-6-7-9-11-18/h6-15,18,21H,16-17H2,1-5H3. The minimum Gasteiger partial charge on any atom is -0.313 e. The molecule has 0 spiro atoms. The SMILES string of the molecule is CN1C(C)(C)CC(OC(F)(F)c2ccc(C3C=CC=CC=C3)cc2)CC1(C)C. The van der Waals surface area contributed by atoms with E-state index >= 15 is 0 Å². The first-order valence-electron chi connectivity index (χ1n) is 9.93. The van der Waals surface area contributed by atoms with E-state index < -0.39 is 12.2 Å². The van der Waals surface area contributed by atoms with Gasteiger partial charge in [0.1, 0.15) is 0 Å². The number of ether oxygens (including phenoxy) is 1. The molecule has 1 aromatic rings. The molecule has 0 bridgehead atoms. The van der Waals surface area contributed by atoms with Crippen molar-refractivity contribution in [1.82, 2.24) is 4.90 Å². The first-order chi connectivity index (χ1) is 13.0. The Hall–Kier alpha value is -1.78. The van der Waals surface area contributed by atoms with Crippen molar-refractivity contribution in [3.8, 4) is 0 Å². The molecule has 1 aliphatic carbocycles. The summed E-state index contributed by atoms with van der Waals surface area (Å²) < 4.78 is 35.2. The van der Waals surface area contributed by atoms with Crippen LogP contribution < -0.4 is 0 Å². The van der Waals surface area contributed by atoms with Gasteiger partial charge in [0.05, 0.1) is 11.7 Å². The van der Waals surface area contributed by atoms with Crippen molar-refractivity contribution in [2.24, 2.45) is 0 Å². The summed E-state index contributed by atoms with van der Waals surface area (Å²) in [5, 5.41) is 0. The zero-order valence-corrected chi connectivity index (χ0v) is 17.5. The van der Waals surface area contributed by atoms with Crippen molar-refractivity contribution in [3.63, 3.8) is 0 Å². The third kappa shape index (κ3) is 4.44. The molecule has 0 aromatic heterocycles. The van der Waals surface area contributed by atoms with E-state index in [2.05, 4.69) is 39.6 Å². The Bertz CT molecular complexity index is 740. The Morgan fingerprint density at radius 1 is 0.893 bits per heavy atom. The van der Waals surface area contributed by atoms with E-state index in [4.69, 9.17) is 4.74 Å². The molecule has 2 aliphatic rings. The second-order valence-electron chi connectivity index (χ2n) is 9.15. The van der Waals surface area contributed by atoms with Gasteiger partial charge >= 0.3 is 6.11 Å². The zero-order chi connectivity index (χ0) is 20.6. The van der Waals surface area contributed by atoms with Crippen molar-refractivity contribution >= 4 is 0 Å². The fourth-order valence-corrected chi connectivity index (χ4v) is 4.32. The minimum atomic E-state index is -3.30. The maximum absolute atomic E-state index is 14.9. The molecule has 1 aliphatic heterocycles. The van der Waals surface area contributed by atoms with Crippen LogP contribution in [0.15, 0.2) is 60.7 Å². The third-order valence-electron chi connectivity index (χ3n) is 6.19. The maximum atomic E-state index is 14.9. The molecule has 0 amide bonds. The van der Waals surface area contributed by atoms with Crippen molar-refractivity contribution in [3.05, 3.63) is 71.8 Å². The lowest BCUT2D eigenvalue weighted by atomic mass is 9.78. The van der Waals surface area contributed by atoms with E-state index in [1.165, 1.54) is 12.1 Å². The second kappa shape index (κ2) is 7.57. The van der Waals surface area contributed by atoms with Crippen LogP contribution in [0.5, 0.6) is 0 Å². The molecule has 0 unspecified atom stereocenters. The number of benzene rings is 1. The number of hydrogen-bond donors (Lipinski definition) is 0. The molecule has 2 nitrogen and oxygen atoms in total. The highest BCUT2D eigenvalue weighted by atomic mass is 19.3. The molecule has 1 heterocycles. The normalized spacial score (nSPS) is 23.1. The average molecular weight is 388 g/mol. The Kier molecular flexibility index (Phi) is 5.66. The number of alkyl halides is 2. The first-order valence-corrected chi connectivity index (χ1v) is 9.93. The van der Waals surface area contributed by atoms with Crippen molar-refractivity contribution in [1.29, 1.82) is 0 Å². The number of rotatable bonds is 4. The van der Waals surface area contributed by atoms with Crippen molar-refractivity contribution in [2.75, 3.05) is 7.05 Å². The van der Waals surface area contributed by atoms with Gasteiger partial charge < -0.3 is 4.74 Å². The fraction of sp³-hybridized carbons (Fsp3) is 0.500. The van der Waals surface area contributed by atoms with Crippen LogP contribution in [0.2, 0.25) is 0 Å². The minimum absolute atomic E-state index is 0.0917. The van der Waals surface area contributed by atoms with Gasteiger partial charge in [-0.2, -0.15) is 8.78 Å². The summed E-state index contributed by atoms with van der Waals surface area (Å²) in [6, 6.07) is 6.50. The molecule has 0 N–H and O–H groups in total. The highest BCUT2D eigenvalue weighted by Crippen LogP contribution is 2.42. The molecular weight excluding hydrogens is 356 g/mol. The molecule has 1 aromatic carbocycles. The van der Waals surface area contributed by atoms with Gasteiger partial charge in [0, 0.05) is 17.0 Å². The highest BCUT2D eigenvalue weighted by Gasteiger charge is 2.47. The van der Waals surface area contributed by atoms with Crippen molar-refractivity contribution in [2.45, 2.75) is 69.7 Å². The van der Waals surface area contributed by atoms with Crippen molar-refractivity contribution < 1.29 is 13.5 Å². The molecule has 1 saturated heterocycles. The Morgan fingerprint density at radius 2 is 1.39 bits per heavy atom. The summed E-state index contributed by atoms with van der Waals surface area (Å²) in [6.45, 7) is 8.33.